The number of nitrogens with two attached hydrogens (primary N) is 1. The molecule has 1 aliphatic rings. The van der Waals surface area contributed by atoms with Crippen molar-refractivity contribution in [2.24, 2.45) is 11.1 Å². The molecular formula is C15H21NO3. The standard InChI is InChI=1S/C15H21NO3/c1-9-7-11(12(19-3)8-10(9)2)13(16)15(14(17)18)5-4-6-15/h7-8,13H,4-6,16H2,1-3H3,(H,17,18). The summed E-state index contributed by atoms with van der Waals surface area (Å²) in [4.78, 5) is 11.5. The Labute approximate surface area is 113 Å². The maximum Gasteiger partial charge on any atom is 0.311 e. The molecule has 1 aromatic carbocycles. The fourth-order valence-electron chi connectivity index (χ4n) is 2.75. The monoisotopic (exact) mass is 263 g/mol. The molecule has 0 aliphatic heterocycles. The zero-order chi connectivity index (χ0) is 14.2. The second-order valence-corrected chi connectivity index (χ2v) is 5.47. The molecule has 1 atom stereocenters. The quantitative estimate of drug-likeness (QED) is 0.875. The van der Waals surface area contributed by atoms with E-state index in [9.17, 15) is 9.90 Å². The van der Waals surface area contributed by atoms with E-state index in [1.54, 1.807) is 7.11 Å². The highest BCUT2D eigenvalue weighted by Gasteiger charge is 2.50. The summed E-state index contributed by atoms with van der Waals surface area (Å²) in [6.45, 7) is 4.00. The lowest BCUT2D eigenvalue weighted by molar-refractivity contribution is -0.156. The van der Waals surface area contributed by atoms with Gasteiger partial charge in [0, 0.05) is 11.6 Å². The van der Waals surface area contributed by atoms with E-state index < -0.39 is 17.4 Å². The Hall–Kier alpha value is -1.55. The third-order valence-electron chi connectivity index (χ3n) is 4.45. The normalized spacial score (nSPS) is 18.5. The van der Waals surface area contributed by atoms with E-state index in [0.29, 0.717) is 18.6 Å². The van der Waals surface area contributed by atoms with Crippen molar-refractivity contribution in [2.45, 2.75) is 39.2 Å². The minimum atomic E-state index is -0.824. The molecule has 0 radical (unpaired) electrons. The SMILES string of the molecule is COc1cc(C)c(C)cc1C(N)C1(C(=O)O)CCC1. The van der Waals surface area contributed by atoms with Gasteiger partial charge in [-0.1, -0.05) is 12.5 Å². The van der Waals surface area contributed by atoms with E-state index >= 15 is 0 Å². The third-order valence-corrected chi connectivity index (χ3v) is 4.45. The topological polar surface area (TPSA) is 72.5 Å². The lowest BCUT2D eigenvalue weighted by Crippen LogP contribution is -2.46. The third kappa shape index (κ3) is 2.10. The molecule has 0 aromatic heterocycles. The van der Waals surface area contributed by atoms with Gasteiger partial charge in [-0.2, -0.15) is 0 Å². The summed E-state index contributed by atoms with van der Waals surface area (Å²) in [5, 5.41) is 9.48. The molecule has 0 bridgehead atoms. The second-order valence-electron chi connectivity index (χ2n) is 5.47. The maximum absolute atomic E-state index is 11.5. The lowest BCUT2D eigenvalue weighted by Gasteiger charge is -2.42. The Balaban J connectivity index is 2.46. The number of carboxylic acids is 1. The van der Waals surface area contributed by atoms with Gasteiger partial charge >= 0.3 is 5.97 Å². The molecule has 4 nitrogen and oxygen atoms in total. The Morgan fingerprint density at radius 2 is 1.95 bits per heavy atom. The van der Waals surface area contributed by atoms with Crippen LogP contribution in [0.4, 0.5) is 0 Å². The number of hydrogen-bond acceptors (Lipinski definition) is 3. The highest BCUT2D eigenvalue weighted by Crippen LogP contribution is 2.51. The van der Waals surface area contributed by atoms with Crippen LogP contribution in [0.2, 0.25) is 0 Å². The number of carboxylic acid groups (broad SMARTS) is 1. The van der Waals surface area contributed by atoms with Crippen molar-refractivity contribution >= 4 is 5.97 Å². The van der Waals surface area contributed by atoms with Crippen LogP contribution in [-0.2, 0) is 4.79 Å². The number of carbonyl (C=O) groups is 1. The second kappa shape index (κ2) is 4.85. The minimum absolute atomic E-state index is 0.520. The van der Waals surface area contributed by atoms with Crippen LogP contribution in [0.1, 0.15) is 42.0 Å². The summed E-state index contributed by atoms with van der Waals surface area (Å²) in [7, 11) is 1.59. The average Bonchev–Trinajstić information content (AvgIpc) is 2.29. The van der Waals surface area contributed by atoms with Crippen LogP contribution in [0.3, 0.4) is 0 Å². The van der Waals surface area contributed by atoms with Crippen molar-refractivity contribution in [2.75, 3.05) is 7.11 Å². The predicted molar refractivity (Wildman–Crippen MR) is 73.3 cm³/mol. The van der Waals surface area contributed by atoms with Crippen LogP contribution in [0, 0.1) is 19.3 Å². The number of aryl methyl sites for hydroxylation is 2. The largest absolute Gasteiger partial charge is 0.496 e. The molecule has 1 unspecified atom stereocenters. The number of rotatable bonds is 4. The fourth-order valence-corrected chi connectivity index (χ4v) is 2.75. The first-order valence-electron chi connectivity index (χ1n) is 6.56. The molecule has 3 N–H and O–H groups in total. The molecular weight excluding hydrogens is 242 g/mol. The number of methoxy groups -OCH3 is 1. The zero-order valence-corrected chi connectivity index (χ0v) is 11.7. The van der Waals surface area contributed by atoms with E-state index in [1.807, 2.05) is 26.0 Å². The van der Waals surface area contributed by atoms with Gasteiger partial charge in [-0.25, -0.2) is 0 Å². The molecule has 0 heterocycles. The first-order chi connectivity index (χ1) is 8.92. The average molecular weight is 263 g/mol. The van der Waals surface area contributed by atoms with Crippen molar-refractivity contribution in [3.05, 3.63) is 28.8 Å². The maximum atomic E-state index is 11.5. The van der Waals surface area contributed by atoms with Crippen LogP contribution in [-0.4, -0.2) is 18.2 Å². The van der Waals surface area contributed by atoms with E-state index in [0.717, 1.165) is 23.1 Å². The highest BCUT2D eigenvalue weighted by molar-refractivity contribution is 5.77. The molecule has 0 amide bonds. The zero-order valence-electron chi connectivity index (χ0n) is 11.7. The van der Waals surface area contributed by atoms with Crippen molar-refractivity contribution in [1.29, 1.82) is 0 Å². The first-order valence-corrected chi connectivity index (χ1v) is 6.56. The first kappa shape index (κ1) is 13.9. The molecule has 1 aromatic rings. The Morgan fingerprint density at radius 1 is 1.37 bits per heavy atom. The van der Waals surface area contributed by atoms with Gasteiger partial charge in [0.25, 0.3) is 0 Å². The van der Waals surface area contributed by atoms with Crippen molar-refractivity contribution in [3.8, 4) is 5.75 Å². The van der Waals surface area contributed by atoms with Gasteiger partial charge < -0.3 is 15.6 Å². The Bertz CT molecular complexity index is 506. The van der Waals surface area contributed by atoms with Crippen LogP contribution < -0.4 is 10.5 Å². The number of aliphatic carboxylic acids is 1. The number of ether oxygens (including phenoxy) is 1. The lowest BCUT2D eigenvalue weighted by atomic mass is 9.62. The molecule has 2 rings (SSSR count). The van der Waals surface area contributed by atoms with E-state index in [1.165, 1.54) is 0 Å². The summed E-state index contributed by atoms with van der Waals surface area (Å²) < 4.78 is 5.37. The summed E-state index contributed by atoms with van der Waals surface area (Å²) in [5.74, 6) is -0.116. The van der Waals surface area contributed by atoms with Gasteiger partial charge in [0.1, 0.15) is 5.75 Å². The van der Waals surface area contributed by atoms with Crippen molar-refractivity contribution in [1.82, 2.24) is 0 Å². The van der Waals surface area contributed by atoms with Gasteiger partial charge in [-0.15, -0.1) is 0 Å². The summed E-state index contributed by atoms with van der Waals surface area (Å²) in [6.07, 6.45) is 2.20. The smallest absolute Gasteiger partial charge is 0.311 e. The number of benzene rings is 1. The molecule has 19 heavy (non-hydrogen) atoms. The molecule has 4 heteroatoms. The van der Waals surface area contributed by atoms with Gasteiger partial charge in [0.05, 0.1) is 12.5 Å². The molecule has 104 valence electrons. The van der Waals surface area contributed by atoms with E-state index in [-0.39, 0.29) is 0 Å². The number of hydrogen-bond donors (Lipinski definition) is 2. The van der Waals surface area contributed by atoms with Crippen LogP contribution >= 0.6 is 0 Å². The Kier molecular flexibility index (Phi) is 3.54. The Morgan fingerprint density at radius 3 is 2.37 bits per heavy atom. The van der Waals surface area contributed by atoms with Gasteiger partial charge in [0.2, 0.25) is 0 Å². The molecule has 0 saturated heterocycles. The summed E-state index contributed by atoms with van der Waals surface area (Å²) in [6, 6.07) is 3.37. The van der Waals surface area contributed by atoms with E-state index in [2.05, 4.69) is 0 Å². The van der Waals surface area contributed by atoms with Crippen molar-refractivity contribution < 1.29 is 14.6 Å². The van der Waals surface area contributed by atoms with Crippen LogP contribution in [0.15, 0.2) is 12.1 Å². The van der Waals surface area contributed by atoms with Crippen molar-refractivity contribution in [3.63, 3.8) is 0 Å². The molecule has 1 fully saturated rings. The van der Waals surface area contributed by atoms with Crippen LogP contribution in [0.5, 0.6) is 5.75 Å². The minimum Gasteiger partial charge on any atom is -0.496 e. The highest BCUT2D eigenvalue weighted by atomic mass is 16.5. The van der Waals surface area contributed by atoms with E-state index in [4.69, 9.17) is 10.5 Å². The van der Waals surface area contributed by atoms with Gasteiger partial charge in [-0.05, 0) is 43.9 Å². The van der Waals surface area contributed by atoms with Crippen LogP contribution in [0.25, 0.3) is 0 Å². The molecule has 1 aliphatic carbocycles. The molecule has 0 spiro atoms. The fraction of sp³-hybridized carbons (Fsp3) is 0.533. The van der Waals surface area contributed by atoms with Gasteiger partial charge in [-0.3, -0.25) is 4.79 Å². The summed E-state index contributed by atoms with van der Waals surface area (Å²) >= 11 is 0. The van der Waals surface area contributed by atoms with Gasteiger partial charge in [0.15, 0.2) is 0 Å². The summed E-state index contributed by atoms with van der Waals surface area (Å²) in [5.41, 5.74) is 8.46. The molecule has 1 saturated carbocycles. The predicted octanol–water partition coefficient (Wildman–Crippen LogP) is 2.57.